The summed E-state index contributed by atoms with van der Waals surface area (Å²) in [6.07, 6.45) is 0.695. The van der Waals surface area contributed by atoms with Crippen molar-refractivity contribution >= 4 is 28.8 Å². The van der Waals surface area contributed by atoms with Gasteiger partial charge in [0.25, 0.3) is 5.91 Å². The number of aromatic hydroxyl groups is 1. The highest BCUT2D eigenvalue weighted by Gasteiger charge is 2.07. The molecule has 0 aliphatic carbocycles. The number of amides is 1. The van der Waals surface area contributed by atoms with E-state index >= 15 is 0 Å². The van der Waals surface area contributed by atoms with E-state index in [1.165, 1.54) is 29.5 Å². The van der Waals surface area contributed by atoms with Gasteiger partial charge in [-0.3, -0.25) is 4.79 Å². The number of phenolic OH excluding ortho intramolecular Hbond substituents is 1. The number of nitrogens with one attached hydrogen (secondary N) is 1. The molecule has 0 aliphatic rings. The molecule has 6 heteroatoms. The fraction of sp³-hybridized carbons (Fsp3) is 0.167. The van der Waals surface area contributed by atoms with Gasteiger partial charge in [0.2, 0.25) is 0 Å². The molecule has 2 rings (SSSR count). The summed E-state index contributed by atoms with van der Waals surface area (Å²) in [6, 6.07) is 4.37. The lowest BCUT2D eigenvalue weighted by Crippen LogP contribution is -2.25. The van der Waals surface area contributed by atoms with E-state index in [2.05, 4.69) is 10.3 Å². The minimum absolute atomic E-state index is 0.0318. The van der Waals surface area contributed by atoms with Crippen molar-refractivity contribution in [2.45, 2.75) is 6.42 Å². The van der Waals surface area contributed by atoms with Crippen LogP contribution >= 0.6 is 22.9 Å². The maximum Gasteiger partial charge on any atom is 0.251 e. The first-order valence-corrected chi connectivity index (χ1v) is 6.62. The van der Waals surface area contributed by atoms with Crippen LogP contribution in [0, 0.1) is 0 Å². The number of halogens is 1. The maximum atomic E-state index is 11.8. The predicted molar refractivity (Wildman–Crippen MR) is 71.3 cm³/mol. The monoisotopic (exact) mass is 282 g/mol. The van der Waals surface area contributed by atoms with E-state index in [1.807, 2.05) is 5.38 Å². The summed E-state index contributed by atoms with van der Waals surface area (Å²) in [6.45, 7) is 0.515. The van der Waals surface area contributed by atoms with Crippen LogP contribution in [-0.4, -0.2) is 22.5 Å². The summed E-state index contributed by atoms with van der Waals surface area (Å²) in [5.41, 5.74) is 3.15. The average Bonchev–Trinajstić information content (AvgIpc) is 2.85. The second-order valence-electron chi connectivity index (χ2n) is 3.65. The number of benzene rings is 1. The first kappa shape index (κ1) is 12.9. The molecule has 4 nitrogen and oxygen atoms in total. The number of thiazole rings is 1. The third kappa shape index (κ3) is 3.21. The molecule has 0 atom stereocenters. The highest BCUT2D eigenvalue weighted by atomic mass is 35.5. The van der Waals surface area contributed by atoms with E-state index in [4.69, 9.17) is 11.6 Å². The molecule has 0 bridgehead atoms. The van der Waals surface area contributed by atoms with E-state index in [-0.39, 0.29) is 16.7 Å². The number of aromatic nitrogens is 1. The predicted octanol–water partition coefficient (Wildman–Crippen LogP) is 2.47. The number of rotatable bonds is 4. The Hall–Kier alpha value is -1.59. The van der Waals surface area contributed by atoms with Gasteiger partial charge in [-0.1, -0.05) is 11.6 Å². The number of carbonyl (C=O) groups is 1. The molecule has 0 unspecified atom stereocenters. The number of phenols is 1. The van der Waals surface area contributed by atoms with Gasteiger partial charge in [0, 0.05) is 23.9 Å². The second kappa shape index (κ2) is 5.84. The fourth-order valence-corrected chi connectivity index (χ4v) is 2.19. The van der Waals surface area contributed by atoms with Gasteiger partial charge in [-0.15, -0.1) is 11.3 Å². The molecule has 0 aliphatic heterocycles. The van der Waals surface area contributed by atoms with Crippen molar-refractivity contribution in [2.24, 2.45) is 0 Å². The van der Waals surface area contributed by atoms with Crippen molar-refractivity contribution in [3.8, 4) is 5.75 Å². The van der Waals surface area contributed by atoms with Crippen LogP contribution in [0.3, 0.4) is 0 Å². The molecule has 1 aromatic carbocycles. The summed E-state index contributed by atoms with van der Waals surface area (Å²) >= 11 is 7.26. The largest absolute Gasteiger partial charge is 0.506 e. The first-order chi connectivity index (χ1) is 8.66. The first-order valence-electron chi connectivity index (χ1n) is 5.30. The van der Waals surface area contributed by atoms with Crippen LogP contribution in [0.15, 0.2) is 29.1 Å². The van der Waals surface area contributed by atoms with Gasteiger partial charge in [-0.25, -0.2) is 4.98 Å². The summed E-state index contributed by atoms with van der Waals surface area (Å²) in [7, 11) is 0. The van der Waals surface area contributed by atoms with Crippen LogP contribution < -0.4 is 5.32 Å². The quantitative estimate of drug-likeness (QED) is 0.905. The number of hydrogen-bond donors (Lipinski definition) is 2. The number of hydrogen-bond acceptors (Lipinski definition) is 4. The summed E-state index contributed by atoms with van der Waals surface area (Å²) in [5.74, 6) is -0.247. The van der Waals surface area contributed by atoms with Gasteiger partial charge < -0.3 is 10.4 Å². The lowest BCUT2D eigenvalue weighted by Gasteiger charge is -2.05. The molecule has 94 valence electrons. The summed E-state index contributed by atoms with van der Waals surface area (Å²) in [5, 5.41) is 14.1. The zero-order chi connectivity index (χ0) is 13.0. The topological polar surface area (TPSA) is 62.2 Å². The molecule has 0 saturated heterocycles. The van der Waals surface area contributed by atoms with Gasteiger partial charge in [0.05, 0.1) is 16.2 Å². The smallest absolute Gasteiger partial charge is 0.251 e. The van der Waals surface area contributed by atoms with Gasteiger partial charge in [-0.2, -0.15) is 0 Å². The SMILES string of the molecule is O=C(NCCc1cscn1)c1ccc(O)c(Cl)c1. The van der Waals surface area contributed by atoms with Gasteiger partial charge in [-0.05, 0) is 18.2 Å². The van der Waals surface area contributed by atoms with Crippen LogP contribution in [0.5, 0.6) is 5.75 Å². The van der Waals surface area contributed by atoms with Gasteiger partial charge in [0.15, 0.2) is 0 Å². The molecule has 1 aromatic heterocycles. The van der Waals surface area contributed by atoms with Crippen molar-refractivity contribution in [1.29, 1.82) is 0 Å². The van der Waals surface area contributed by atoms with Crippen LogP contribution in [0.1, 0.15) is 16.1 Å². The van der Waals surface area contributed by atoms with Gasteiger partial charge >= 0.3 is 0 Å². The minimum atomic E-state index is -0.216. The highest BCUT2D eigenvalue weighted by molar-refractivity contribution is 7.07. The van der Waals surface area contributed by atoms with Crippen molar-refractivity contribution in [3.63, 3.8) is 0 Å². The standard InChI is InChI=1S/C12H11ClN2O2S/c13-10-5-8(1-2-11(10)16)12(17)14-4-3-9-6-18-7-15-9/h1-2,5-7,16H,3-4H2,(H,14,17). The third-order valence-electron chi connectivity index (χ3n) is 2.36. The Balaban J connectivity index is 1.89. The Bertz CT molecular complexity index is 543. The van der Waals surface area contributed by atoms with Crippen LogP contribution in [0.25, 0.3) is 0 Å². The molecule has 0 saturated carbocycles. The zero-order valence-electron chi connectivity index (χ0n) is 9.39. The Morgan fingerprint density at radius 2 is 2.33 bits per heavy atom. The van der Waals surface area contributed by atoms with Crippen molar-refractivity contribution in [2.75, 3.05) is 6.54 Å². The molecule has 0 spiro atoms. The lowest BCUT2D eigenvalue weighted by atomic mass is 10.2. The van der Waals surface area contributed by atoms with E-state index in [1.54, 1.807) is 5.51 Å². The molecule has 0 fully saturated rings. The molecule has 2 aromatic rings. The van der Waals surface area contributed by atoms with Crippen molar-refractivity contribution in [1.82, 2.24) is 10.3 Å². The van der Waals surface area contributed by atoms with Crippen molar-refractivity contribution < 1.29 is 9.90 Å². The number of nitrogens with zero attached hydrogens (tertiary/aromatic N) is 1. The molecule has 1 heterocycles. The van der Waals surface area contributed by atoms with Crippen LogP contribution in [0.2, 0.25) is 5.02 Å². The molecule has 18 heavy (non-hydrogen) atoms. The molecular weight excluding hydrogens is 272 g/mol. The third-order valence-corrected chi connectivity index (χ3v) is 3.30. The summed E-state index contributed by atoms with van der Waals surface area (Å²) < 4.78 is 0. The molecule has 1 amide bonds. The fourth-order valence-electron chi connectivity index (χ4n) is 1.42. The lowest BCUT2D eigenvalue weighted by molar-refractivity contribution is 0.0954. The van der Waals surface area contributed by atoms with Crippen molar-refractivity contribution in [3.05, 3.63) is 45.4 Å². The van der Waals surface area contributed by atoms with E-state index in [9.17, 15) is 9.90 Å². The molecular formula is C12H11ClN2O2S. The minimum Gasteiger partial charge on any atom is -0.506 e. The number of carbonyl (C=O) groups excluding carboxylic acids is 1. The Kier molecular flexibility index (Phi) is 4.17. The van der Waals surface area contributed by atoms with Crippen LogP contribution in [0.4, 0.5) is 0 Å². The zero-order valence-corrected chi connectivity index (χ0v) is 11.0. The molecule has 2 N–H and O–H groups in total. The van der Waals surface area contributed by atoms with Crippen LogP contribution in [-0.2, 0) is 6.42 Å². The Morgan fingerprint density at radius 1 is 1.50 bits per heavy atom. The van der Waals surface area contributed by atoms with E-state index < -0.39 is 0 Å². The van der Waals surface area contributed by atoms with Gasteiger partial charge in [0.1, 0.15) is 5.75 Å². The Morgan fingerprint density at radius 3 is 3.00 bits per heavy atom. The van der Waals surface area contributed by atoms with E-state index in [0.29, 0.717) is 18.5 Å². The highest BCUT2D eigenvalue weighted by Crippen LogP contribution is 2.23. The molecule has 0 radical (unpaired) electrons. The normalized spacial score (nSPS) is 10.3. The maximum absolute atomic E-state index is 11.8. The summed E-state index contributed by atoms with van der Waals surface area (Å²) in [4.78, 5) is 15.9. The Labute approximate surface area is 113 Å². The second-order valence-corrected chi connectivity index (χ2v) is 4.78. The van der Waals surface area contributed by atoms with E-state index in [0.717, 1.165) is 5.69 Å². The average molecular weight is 283 g/mol.